The van der Waals surface area contributed by atoms with Gasteiger partial charge in [0, 0.05) is 32.8 Å². The van der Waals surface area contributed by atoms with E-state index >= 15 is 0 Å². The van der Waals surface area contributed by atoms with Crippen LogP contribution in [0.2, 0.25) is 0 Å². The van der Waals surface area contributed by atoms with Crippen LogP contribution in [0.3, 0.4) is 0 Å². The first-order valence-corrected chi connectivity index (χ1v) is 7.92. The van der Waals surface area contributed by atoms with Crippen LogP contribution < -0.4 is 4.74 Å². The molecule has 0 aliphatic carbocycles. The second-order valence-corrected chi connectivity index (χ2v) is 5.92. The molecule has 1 saturated heterocycles. The van der Waals surface area contributed by atoms with Crippen molar-refractivity contribution in [3.63, 3.8) is 0 Å². The number of hydrogen-bond acceptors (Lipinski definition) is 4. The van der Waals surface area contributed by atoms with Crippen molar-refractivity contribution in [2.24, 2.45) is 7.05 Å². The maximum Gasteiger partial charge on any atom is 0.274 e. The van der Waals surface area contributed by atoms with E-state index in [-0.39, 0.29) is 11.7 Å². The second-order valence-electron chi connectivity index (χ2n) is 5.92. The van der Waals surface area contributed by atoms with Crippen LogP contribution in [-0.2, 0) is 7.05 Å². The molecular weight excluding hydrogens is 313 g/mol. The Kier molecular flexibility index (Phi) is 4.80. The number of carbonyl (C=O) groups is 1. The van der Waals surface area contributed by atoms with E-state index in [0.29, 0.717) is 37.4 Å². The Balaban J connectivity index is 1.64. The number of aromatic nitrogens is 2. The molecule has 0 saturated carbocycles. The molecule has 1 N–H and O–H groups in total. The number of aliphatic hydroxyl groups excluding tert-OH is 1. The predicted molar refractivity (Wildman–Crippen MR) is 85.2 cm³/mol. The summed E-state index contributed by atoms with van der Waals surface area (Å²) in [5, 5.41) is 14.4. The minimum absolute atomic E-state index is 0.148. The SMILES string of the molecule is Cn1ccc(C(=O)N2CC[C@H](Oc3ccc(F)cc3)[C@@H](O)CC2)n1. The van der Waals surface area contributed by atoms with Gasteiger partial charge < -0.3 is 14.7 Å². The number of aliphatic hydroxyl groups is 1. The Hall–Kier alpha value is -2.41. The van der Waals surface area contributed by atoms with Gasteiger partial charge in [0.1, 0.15) is 23.4 Å². The fourth-order valence-electron chi connectivity index (χ4n) is 2.78. The molecule has 1 fully saturated rings. The Morgan fingerprint density at radius 2 is 1.96 bits per heavy atom. The molecule has 1 aromatic heterocycles. The monoisotopic (exact) mass is 333 g/mol. The average molecular weight is 333 g/mol. The molecule has 7 heteroatoms. The van der Waals surface area contributed by atoms with Crippen molar-refractivity contribution in [2.75, 3.05) is 13.1 Å². The standard InChI is InChI=1S/C17H20FN3O3/c1-20-9-6-14(19-20)17(23)21-10-7-15(22)16(8-11-21)24-13-4-2-12(18)3-5-13/h2-6,9,15-16,22H,7-8,10-11H2,1H3/t15-,16-/m0/s1. The highest BCUT2D eigenvalue weighted by molar-refractivity contribution is 5.92. The molecule has 1 aromatic carbocycles. The van der Waals surface area contributed by atoms with Gasteiger partial charge in [-0.15, -0.1) is 0 Å². The van der Waals surface area contributed by atoms with E-state index in [0.717, 1.165) is 0 Å². The molecule has 6 nitrogen and oxygen atoms in total. The largest absolute Gasteiger partial charge is 0.488 e. The minimum atomic E-state index is -0.684. The first kappa shape index (κ1) is 16.4. The van der Waals surface area contributed by atoms with E-state index in [1.54, 1.807) is 28.9 Å². The van der Waals surface area contributed by atoms with Crippen molar-refractivity contribution >= 4 is 5.91 Å². The molecule has 1 amide bonds. The second kappa shape index (κ2) is 7.00. The lowest BCUT2D eigenvalue weighted by Crippen LogP contribution is -2.33. The van der Waals surface area contributed by atoms with Crippen LogP contribution in [0.1, 0.15) is 23.3 Å². The molecule has 0 radical (unpaired) electrons. The molecule has 1 aliphatic rings. The number of ether oxygens (including phenoxy) is 1. The predicted octanol–water partition coefficient (Wildman–Crippen LogP) is 1.60. The summed E-state index contributed by atoms with van der Waals surface area (Å²) < 4.78 is 20.3. The Bertz CT molecular complexity index is 701. The third kappa shape index (κ3) is 3.73. The molecule has 0 unspecified atom stereocenters. The third-order valence-corrected chi connectivity index (χ3v) is 4.13. The van der Waals surface area contributed by atoms with Gasteiger partial charge in [-0.2, -0.15) is 5.10 Å². The first-order chi connectivity index (χ1) is 11.5. The highest BCUT2D eigenvalue weighted by Gasteiger charge is 2.29. The van der Waals surface area contributed by atoms with Crippen molar-refractivity contribution in [2.45, 2.75) is 25.0 Å². The zero-order valence-corrected chi connectivity index (χ0v) is 13.4. The molecule has 3 rings (SSSR count). The van der Waals surface area contributed by atoms with Gasteiger partial charge in [0.2, 0.25) is 0 Å². The molecule has 24 heavy (non-hydrogen) atoms. The number of hydrogen-bond donors (Lipinski definition) is 1. The van der Waals surface area contributed by atoms with E-state index in [1.807, 2.05) is 0 Å². The summed E-state index contributed by atoms with van der Waals surface area (Å²) in [4.78, 5) is 14.1. The summed E-state index contributed by atoms with van der Waals surface area (Å²) in [6.07, 6.45) is 1.52. The summed E-state index contributed by atoms with van der Waals surface area (Å²) in [5.41, 5.74) is 0.393. The van der Waals surface area contributed by atoms with E-state index in [9.17, 15) is 14.3 Å². The summed E-state index contributed by atoms with van der Waals surface area (Å²) in [7, 11) is 1.76. The third-order valence-electron chi connectivity index (χ3n) is 4.13. The normalized spacial score (nSPS) is 21.4. The van der Waals surface area contributed by atoms with Gasteiger partial charge >= 0.3 is 0 Å². The Labute approximate surface area is 139 Å². The summed E-state index contributed by atoms with van der Waals surface area (Å²) >= 11 is 0. The topological polar surface area (TPSA) is 67.6 Å². The van der Waals surface area contributed by atoms with Crippen LogP contribution in [0, 0.1) is 5.82 Å². The molecule has 0 spiro atoms. The van der Waals surface area contributed by atoms with Gasteiger partial charge in [-0.25, -0.2) is 4.39 Å². The number of halogens is 1. The number of likely N-dealkylation sites (tertiary alicyclic amines) is 1. The zero-order chi connectivity index (χ0) is 17.1. The van der Waals surface area contributed by atoms with Gasteiger partial charge in [-0.1, -0.05) is 0 Å². The lowest BCUT2D eigenvalue weighted by Gasteiger charge is -2.21. The van der Waals surface area contributed by atoms with Gasteiger partial charge in [0.05, 0.1) is 6.10 Å². The fraction of sp³-hybridized carbons (Fsp3) is 0.412. The number of rotatable bonds is 3. The zero-order valence-electron chi connectivity index (χ0n) is 13.4. The maximum atomic E-state index is 13.0. The Morgan fingerprint density at radius 3 is 2.62 bits per heavy atom. The number of aryl methyl sites for hydroxylation is 1. The highest BCUT2D eigenvalue weighted by Crippen LogP contribution is 2.21. The van der Waals surface area contributed by atoms with Crippen molar-refractivity contribution in [1.29, 1.82) is 0 Å². The maximum absolute atomic E-state index is 13.0. The van der Waals surface area contributed by atoms with Gasteiger partial charge in [-0.3, -0.25) is 9.48 Å². The highest BCUT2D eigenvalue weighted by atomic mass is 19.1. The number of carbonyl (C=O) groups excluding carboxylic acids is 1. The lowest BCUT2D eigenvalue weighted by atomic mass is 10.1. The van der Waals surface area contributed by atoms with Crippen LogP contribution in [0.25, 0.3) is 0 Å². The van der Waals surface area contributed by atoms with Crippen LogP contribution in [0.15, 0.2) is 36.5 Å². The molecule has 2 atom stereocenters. The smallest absolute Gasteiger partial charge is 0.274 e. The number of benzene rings is 1. The summed E-state index contributed by atoms with van der Waals surface area (Å²) in [6.45, 7) is 0.915. The van der Waals surface area contributed by atoms with Crippen molar-refractivity contribution < 1.29 is 19.0 Å². The van der Waals surface area contributed by atoms with Gasteiger partial charge in [0.15, 0.2) is 0 Å². The Morgan fingerprint density at radius 1 is 1.25 bits per heavy atom. The lowest BCUT2D eigenvalue weighted by molar-refractivity contribution is 0.0349. The van der Waals surface area contributed by atoms with E-state index in [2.05, 4.69) is 5.10 Å². The molecule has 128 valence electrons. The number of amides is 1. The summed E-state index contributed by atoms with van der Waals surface area (Å²) in [5.74, 6) is 0.0195. The van der Waals surface area contributed by atoms with E-state index < -0.39 is 12.2 Å². The molecule has 2 aromatic rings. The molecule has 0 bridgehead atoms. The fourth-order valence-corrected chi connectivity index (χ4v) is 2.78. The van der Waals surface area contributed by atoms with Crippen molar-refractivity contribution in [3.8, 4) is 5.75 Å². The van der Waals surface area contributed by atoms with E-state index in [1.165, 1.54) is 24.3 Å². The molecule has 2 heterocycles. The molecule has 1 aliphatic heterocycles. The van der Waals surface area contributed by atoms with Crippen molar-refractivity contribution in [3.05, 3.63) is 48.0 Å². The van der Waals surface area contributed by atoms with Crippen LogP contribution in [0.4, 0.5) is 4.39 Å². The van der Waals surface area contributed by atoms with Crippen LogP contribution in [0.5, 0.6) is 5.75 Å². The average Bonchev–Trinajstić information content (AvgIpc) is 2.92. The van der Waals surface area contributed by atoms with Crippen LogP contribution >= 0.6 is 0 Å². The van der Waals surface area contributed by atoms with E-state index in [4.69, 9.17) is 4.74 Å². The quantitative estimate of drug-likeness (QED) is 0.926. The summed E-state index contributed by atoms with van der Waals surface area (Å²) in [6, 6.07) is 7.37. The van der Waals surface area contributed by atoms with Gasteiger partial charge in [0.25, 0.3) is 5.91 Å². The number of nitrogens with zero attached hydrogens (tertiary/aromatic N) is 3. The van der Waals surface area contributed by atoms with Crippen LogP contribution in [-0.4, -0.2) is 51.0 Å². The van der Waals surface area contributed by atoms with Gasteiger partial charge in [-0.05, 0) is 36.8 Å². The minimum Gasteiger partial charge on any atom is -0.488 e. The van der Waals surface area contributed by atoms with Crippen molar-refractivity contribution in [1.82, 2.24) is 14.7 Å². The molecular formula is C17H20FN3O3. The first-order valence-electron chi connectivity index (χ1n) is 7.92.